The summed E-state index contributed by atoms with van der Waals surface area (Å²) in [5.74, 6) is 0.206. The number of carbonyl (C=O) groups is 1. The molecule has 4 nitrogen and oxygen atoms in total. The molecule has 1 aliphatic heterocycles. The lowest BCUT2D eigenvalue weighted by Gasteiger charge is -2.32. The lowest BCUT2D eigenvalue weighted by atomic mass is 10.0. The fraction of sp³-hybridized carbons (Fsp3) is 0.625. The zero-order valence-corrected chi connectivity index (χ0v) is 17.5. The standard InChI is InChI=1S/C24H37N3O/c1-2-3-5-10-21(17-20-8-6-4-7-9-20)18-25-22-13-15-27(16-14-22)19-24(28)26-23-11-12-23/h4,6-9,17,22-23,25H,2-3,5,10-16,18-19H2,1H3,(H,26,28)/b21-17-. The number of carbonyl (C=O) groups excluding carboxylic acids is 1. The van der Waals surface area contributed by atoms with E-state index in [0.29, 0.717) is 18.6 Å². The summed E-state index contributed by atoms with van der Waals surface area (Å²) < 4.78 is 0. The summed E-state index contributed by atoms with van der Waals surface area (Å²) in [5.41, 5.74) is 2.80. The summed E-state index contributed by atoms with van der Waals surface area (Å²) in [6, 6.07) is 11.7. The van der Waals surface area contributed by atoms with Crippen LogP contribution in [0.4, 0.5) is 0 Å². The van der Waals surface area contributed by atoms with Crippen LogP contribution in [0.2, 0.25) is 0 Å². The number of hydrogen-bond donors (Lipinski definition) is 2. The highest BCUT2D eigenvalue weighted by Gasteiger charge is 2.25. The molecule has 0 radical (unpaired) electrons. The summed E-state index contributed by atoms with van der Waals surface area (Å²) in [7, 11) is 0. The van der Waals surface area contributed by atoms with Crippen molar-refractivity contribution in [2.45, 2.75) is 70.4 Å². The minimum Gasteiger partial charge on any atom is -0.352 e. The summed E-state index contributed by atoms with van der Waals surface area (Å²) in [4.78, 5) is 14.3. The van der Waals surface area contributed by atoms with Gasteiger partial charge in [0.15, 0.2) is 0 Å². The Bertz CT molecular complexity index is 616. The molecule has 1 amide bonds. The molecule has 2 fully saturated rings. The molecule has 0 atom stereocenters. The summed E-state index contributed by atoms with van der Waals surface area (Å²) >= 11 is 0. The Morgan fingerprint density at radius 2 is 1.82 bits per heavy atom. The number of nitrogens with one attached hydrogen (secondary N) is 2. The van der Waals surface area contributed by atoms with Gasteiger partial charge in [0.25, 0.3) is 0 Å². The smallest absolute Gasteiger partial charge is 0.234 e. The first-order valence-electron chi connectivity index (χ1n) is 11.2. The third-order valence-electron chi connectivity index (χ3n) is 5.79. The van der Waals surface area contributed by atoms with Crippen molar-refractivity contribution in [3.8, 4) is 0 Å². The van der Waals surface area contributed by atoms with Crippen molar-refractivity contribution in [3.05, 3.63) is 41.5 Å². The van der Waals surface area contributed by atoms with Crippen LogP contribution >= 0.6 is 0 Å². The Kier molecular flexibility index (Phi) is 8.56. The van der Waals surface area contributed by atoms with Gasteiger partial charge in [0, 0.05) is 31.7 Å². The predicted octanol–water partition coefficient (Wildman–Crippen LogP) is 3.98. The van der Waals surface area contributed by atoms with Crippen molar-refractivity contribution < 1.29 is 4.79 Å². The molecule has 154 valence electrons. The molecule has 0 aromatic heterocycles. The van der Waals surface area contributed by atoms with Crippen LogP contribution < -0.4 is 10.6 Å². The number of nitrogens with zero attached hydrogens (tertiary/aromatic N) is 1. The number of amides is 1. The van der Waals surface area contributed by atoms with E-state index in [-0.39, 0.29) is 5.91 Å². The number of rotatable bonds is 11. The normalized spacial score (nSPS) is 19.0. The van der Waals surface area contributed by atoms with Gasteiger partial charge in [-0.05, 0) is 44.1 Å². The van der Waals surface area contributed by atoms with Gasteiger partial charge in [-0.1, -0.05) is 61.7 Å². The summed E-state index contributed by atoms with van der Waals surface area (Å²) in [6.45, 7) is 5.84. The number of unbranched alkanes of at least 4 members (excludes halogenated alkanes) is 2. The lowest BCUT2D eigenvalue weighted by Crippen LogP contribution is -2.46. The van der Waals surface area contributed by atoms with Crippen LogP contribution in [0.25, 0.3) is 6.08 Å². The molecule has 4 heteroatoms. The predicted molar refractivity (Wildman–Crippen MR) is 117 cm³/mol. The Morgan fingerprint density at radius 3 is 2.50 bits per heavy atom. The van der Waals surface area contributed by atoms with Crippen LogP contribution in [0, 0.1) is 0 Å². The molecular formula is C24H37N3O. The van der Waals surface area contributed by atoms with Gasteiger partial charge in [0.1, 0.15) is 0 Å². The minimum absolute atomic E-state index is 0.206. The van der Waals surface area contributed by atoms with Crippen LogP contribution in [0.5, 0.6) is 0 Å². The topological polar surface area (TPSA) is 44.4 Å². The number of hydrogen-bond acceptors (Lipinski definition) is 3. The maximum Gasteiger partial charge on any atom is 0.234 e. The van der Waals surface area contributed by atoms with Gasteiger partial charge in [-0.25, -0.2) is 0 Å². The highest BCUT2D eigenvalue weighted by molar-refractivity contribution is 5.78. The van der Waals surface area contributed by atoms with Crippen molar-refractivity contribution in [1.29, 1.82) is 0 Å². The highest BCUT2D eigenvalue weighted by Crippen LogP contribution is 2.19. The average Bonchev–Trinajstić information content (AvgIpc) is 3.52. The molecule has 3 rings (SSSR count). The molecule has 2 aliphatic rings. The molecule has 1 aromatic rings. The first kappa shape index (κ1) is 21.1. The lowest BCUT2D eigenvalue weighted by molar-refractivity contribution is -0.122. The Labute approximate surface area is 170 Å². The largest absolute Gasteiger partial charge is 0.352 e. The van der Waals surface area contributed by atoms with E-state index in [2.05, 4.69) is 58.9 Å². The molecule has 0 unspecified atom stereocenters. The van der Waals surface area contributed by atoms with Crippen molar-refractivity contribution in [2.75, 3.05) is 26.2 Å². The van der Waals surface area contributed by atoms with Gasteiger partial charge in [-0.3, -0.25) is 9.69 Å². The molecule has 1 aromatic carbocycles. The van der Waals surface area contributed by atoms with E-state index >= 15 is 0 Å². The van der Waals surface area contributed by atoms with Crippen LogP contribution in [-0.2, 0) is 4.79 Å². The van der Waals surface area contributed by atoms with E-state index in [1.807, 2.05) is 0 Å². The maximum atomic E-state index is 12.0. The van der Waals surface area contributed by atoms with E-state index in [1.54, 1.807) is 0 Å². The number of benzene rings is 1. The second kappa shape index (κ2) is 11.4. The zero-order chi connectivity index (χ0) is 19.6. The van der Waals surface area contributed by atoms with Crippen LogP contribution in [0.3, 0.4) is 0 Å². The van der Waals surface area contributed by atoms with Crippen LogP contribution in [-0.4, -0.2) is 49.1 Å². The Hall–Kier alpha value is -1.65. The third-order valence-corrected chi connectivity index (χ3v) is 5.79. The van der Waals surface area contributed by atoms with Crippen LogP contribution in [0.15, 0.2) is 35.9 Å². The third kappa shape index (κ3) is 7.76. The monoisotopic (exact) mass is 383 g/mol. The number of piperidine rings is 1. The van der Waals surface area contributed by atoms with E-state index < -0.39 is 0 Å². The van der Waals surface area contributed by atoms with E-state index in [0.717, 1.165) is 45.3 Å². The average molecular weight is 384 g/mol. The molecule has 1 saturated carbocycles. The van der Waals surface area contributed by atoms with E-state index in [1.165, 1.54) is 36.8 Å². The summed E-state index contributed by atoms with van der Waals surface area (Å²) in [5, 5.41) is 6.89. The number of likely N-dealkylation sites (tertiary alicyclic amines) is 1. The van der Waals surface area contributed by atoms with Crippen molar-refractivity contribution in [3.63, 3.8) is 0 Å². The highest BCUT2D eigenvalue weighted by atomic mass is 16.2. The second-order valence-corrected chi connectivity index (χ2v) is 8.44. The zero-order valence-electron chi connectivity index (χ0n) is 17.5. The van der Waals surface area contributed by atoms with Gasteiger partial charge in [-0.15, -0.1) is 0 Å². The fourth-order valence-electron chi connectivity index (χ4n) is 3.87. The molecule has 28 heavy (non-hydrogen) atoms. The molecule has 1 saturated heterocycles. The Morgan fingerprint density at radius 1 is 1.07 bits per heavy atom. The first-order valence-corrected chi connectivity index (χ1v) is 11.2. The van der Waals surface area contributed by atoms with Gasteiger partial charge in [-0.2, -0.15) is 0 Å². The first-order chi connectivity index (χ1) is 13.7. The van der Waals surface area contributed by atoms with Crippen molar-refractivity contribution in [2.24, 2.45) is 0 Å². The molecule has 0 spiro atoms. The molecule has 1 heterocycles. The van der Waals surface area contributed by atoms with Gasteiger partial charge < -0.3 is 10.6 Å². The Balaban J connectivity index is 1.41. The van der Waals surface area contributed by atoms with Crippen molar-refractivity contribution >= 4 is 12.0 Å². The van der Waals surface area contributed by atoms with Gasteiger partial charge in [0.2, 0.25) is 5.91 Å². The SMILES string of the molecule is CCCCC/C(=C/c1ccccc1)CNC1CCN(CC(=O)NC2CC2)CC1. The second-order valence-electron chi connectivity index (χ2n) is 8.44. The quantitative estimate of drug-likeness (QED) is 0.568. The maximum absolute atomic E-state index is 12.0. The minimum atomic E-state index is 0.206. The molecule has 0 bridgehead atoms. The fourth-order valence-corrected chi connectivity index (χ4v) is 3.87. The summed E-state index contributed by atoms with van der Waals surface area (Å²) in [6.07, 6.45) is 12.0. The van der Waals surface area contributed by atoms with Crippen molar-refractivity contribution in [1.82, 2.24) is 15.5 Å². The van der Waals surface area contributed by atoms with E-state index in [9.17, 15) is 4.79 Å². The molecule has 1 aliphatic carbocycles. The van der Waals surface area contributed by atoms with Gasteiger partial charge >= 0.3 is 0 Å². The van der Waals surface area contributed by atoms with Crippen LogP contribution in [0.1, 0.15) is 63.9 Å². The molecule has 2 N–H and O–H groups in total. The molecular weight excluding hydrogens is 346 g/mol. The van der Waals surface area contributed by atoms with E-state index in [4.69, 9.17) is 0 Å². The van der Waals surface area contributed by atoms with Gasteiger partial charge in [0.05, 0.1) is 6.54 Å².